The number of hydrogen-bond donors (Lipinski definition) is 2. The van der Waals surface area contributed by atoms with Gasteiger partial charge in [0.05, 0.1) is 36.0 Å². The average molecular weight is 359 g/mol. The van der Waals surface area contributed by atoms with Crippen molar-refractivity contribution in [3.05, 3.63) is 52.3 Å². The van der Waals surface area contributed by atoms with E-state index in [2.05, 4.69) is 16.0 Å². The van der Waals surface area contributed by atoms with Crippen LogP contribution < -0.4 is 15.0 Å². The number of amides is 1. The fraction of sp³-hybridized carbons (Fsp3) is 0.389. The number of quaternary nitrogens is 1. The molecule has 1 aliphatic heterocycles. The lowest BCUT2D eigenvalue weighted by Crippen LogP contribution is -3.11. The third-order valence-electron chi connectivity index (χ3n) is 4.88. The van der Waals surface area contributed by atoms with Crippen molar-refractivity contribution < 1.29 is 19.4 Å². The highest BCUT2D eigenvalue weighted by atomic mass is 16.6. The van der Waals surface area contributed by atoms with E-state index in [1.807, 2.05) is 19.3 Å². The van der Waals surface area contributed by atoms with Crippen LogP contribution in [0.1, 0.15) is 24.6 Å². The molecule has 1 fully saturated rings. The number of carbonyl (C=O) groups excluding carboxylic acids is 1. The Balaban J connectivity index is 1.69. The van der Waals surface area contributed by atoms with E-state index in [0.717, 1.165) is 19.4 Å². The lowest BCUT2D eigenvalue weighted by molar-refractivity contribution is -0.910. The molecule has 0 radical (unpaired) electrons. The number of methoxy groups -OCH3 is 1. The number of nitro benzene ring substituents is 1. The molecule has 0 spiro atoms. The Morgan fingerprint density at radius 2 is 2.27 bits per heavy atom. The van der Waals surface area contributed by atoms with Crippen molar-refractivity contribution in [3.8, 4) is 5.75 Å². The second kappa shape index (κ2) is 7.57. The largest absolute Gasteiger partial charge is 0.494 e. The maximum atomic E-state index is 12.5. The van der Waals surface area contributed by atoms with Crippen molar-refractivity contribution in [2.45, 2.75) is 18.9 Å². The Bertz CT molecular complexity index is 817. The number of benzene rings is 1. The Morgan fingerprint density at radius 3 is 2.92 bits per heavy atom. The first-order valence-corrected chi connectivity index (χ1v) is 8.57. The topological polar surface area (TPSA) is 90.8 Å². The summed E-state index contributed by atoms with van der Waals surface area (Å²) < 4.78 is 7.28. The maximum Gasteiger partial charge on any atom is 0.279 e. The second-order valence-corrected chi connectivity index (χ2v) is 6.51. The number of ether oxygens (including phenoxy) is 1. The summed E-state index contributed by atoms with van der Waals surface area (Å²) >= 11 is 0. The van der Waals surface area contributed by atoms with Crippen LogP contribution in [-0.4, -0.2) is 35.6 Å². The van der Waals surface area contributed by atoms with E-state index in [1.54, 1.807) is 0 Å². The normalized spacial score (nSPS) is 19.3. The second-order valence-electron chi connectivity index (χ2n) is 6.51. The molecule has 1 aliphatic rings. The van der Waals surface area contributed by atoms with Crippen molar-refractivity contribution in [2.75, 3.05) is 25.5 Å². The standard InChI is InChI=1S/C18H22N4O4/c1-20-9-3-5-15(20)16-6-4-10-21(16)12-18(23)19-14-8-7-13(22(24)25)11-17(14)26-2/h3,5,7-9,11,16H,4,6,10,12H2,1-2H3,(H,19,23)/p+1/t16-/m1/s1. The van der Waals surface area contributed by atoms with E-state index < -0.39 is 4.92 Å². The zero-order valence-corrected chi connectivity index (χ0v) is 14.9. The van der Waals surface area contributed by atoms with Crippen molar-refractivity contribution in [2.24, 2.45) is 7.05 Å². The molecule has 0 aliphatic carbocycles. The minimum Gasteiger partial charge on any atom is -0.494 e. The summed E-state index contributed by atoms with van der Waals surface area (Å²) in [7, 11) is 3.44. The van der Waals surface area contributed by atoms with Gasteiger partial charge < -0.3 is 19.5 Å². The molecule has 2 atom stereocenters. The van der Waals surface area contributed by atoms with E-state index in [-0.39, 0.29) is 17.3 Å². The van der Waals surface area contributed by atoms with Gasteiger partial charge in [0.2, 0.25) is 0 Å². The van der Waals surface area contributed by atoms with Gasteiger partial charge in [-0.25, -0.2) is 0 Å². The predicted octanol–water partition coefficient (Wildman–Crippen LogP) is 1.30. The lowest BCUT2D eigenvalue weighted by atomic mass is 10.1. The van der Waals surface area contributed by atoms with Crippen LogP contribution in [0.5, 0.6) is 5.75 Å². The number of aromatic nitrogens is 1. The van der Waals surface area contributed by atoms with Crippen molar-refractivity contribution in [3.63, 3.8) is 0 Å². The molecule has 2 aromatic rings. The number of likely N-dealkylation sites (tertiary alicyclic amines) is 1. The van der Waals surface area contributed by atoms with Gasteiger partial charge in [-0.1, -0.05) is 0 Å². The number of nitro groups is 1. The molecule has 1 aromatic carbocycles. The number of aryl methyl sites for hydroxylation is 1. The lowest BCUT2D eigenvalue weighted by Gasteiger charge is -2.22. The summed E-state index contributed by atoms with van der Waals surface area (Å²) in [6.45, 7) is 1.29. The van der Waals surface area contributed by atoms with Gasteiger partial charge in [0.1, 0.15) is 11.8 Å². The predicted molar refractivity (Wildman–Crippen MR) is 96.4 cm³/mol. The highest BCUT2D eigenvalue weighted by Crippen LogP contribution is 2.28. The first kappa shape index (κ1) is 17.9. The van der Waals surface area contributed by atoms with E-state index in [1.165, 1.54) is 35.9 Å². The number of nitrogens with zero attached hydrogens (tertiary/aromatic N) is 2. The van der Waals surface area contributed by atoms with E-state index >= 15 is 0 Å². The minimum absolute atomic E-state index is 0.0752. The Labute approximate surface area is 151 Å². The molecule has 3 rings (SSSR count). The quantitative estimate of drug-likeness (QED) is 0.601. The van der Waals surface area contributed by atoms with Crippen LogP contribution in [-0.2, 0) is 11.8 Å². The summed E-state index contributed by atoms with van der Waals surface area (Å²) in [4.78, 5) is 24.1. The first-order chi connectivity index (χ1) is 12.5. The Kier molecular flexibility index (Phi) is 5.22. The summed E-state index contributed by atoms with van der Waals surface area (Å²) in [5.41, 5.74) is 1.60. The van der Waals surface area contributed by atoms with Gasteiger partial charge in [-0.2, -0.15) is 0 Å². The zero-order valence-electron chi connectivity index (χ0n) is 14.9. The molecule has 2 N–H and O–H groups in total. The molecule has 2 heterocycles. The van der Waals surface area contributed by atoms with Gasteiger partial charge in [0, 0.05) is 32.2 Å². The van der Waals surface area contributed by atoms with E-state index in [4.69, 9.17) is 4.74 Å². The Morgan fingerprint density at radius 1 is 1.46 bits per heavy atom. The first-order valence-electron chi connectivity index (χ1n) is 8.57. The minimum atomic E-state index is -0.493. The smallest absolute Gasteiger partial charge is 0.279 e. The van der Waals surface area contributed by atoms with Gasteiger partial charge in [0.25, 0.3) is 11.6 Å². The number of rotatable bonds is 6. The van der Waals surface area contributed by atoms with Crippen molar-refractivity contribution in [1.82, 2.24) is 4.57 Å². The molecule has 1 aromatic heterocycles. The van der Waals surface area contributed by atoms with Crippen LogP contribution in [0, 0.1) is 10.1 Å². The number of hydrogen-bond acceptors (Lipinski definition) is 4. The molecule has 1 saturated heterocycles. The van der Waals surface area contributed by atoms with Crippen molar-refractivity contribution in [1.29, 1.82) is 0 Å². The van der Waals surface area contributed by atoms with Crippen molar-refractivity contribution >= 4 is 17.3 Å². The molecule has 1 amide bonds. The summed E-state index contributed by atoms with van der Waals surface area (Å²) in [6, 6.07) is 8.60. The van der Waals surface area contributed by atoms with E-state index in [9.17, 15) is 14.9 Å². The third kappa shape index (κ3) is 3.70. The fourth-order valence-electron chi connectivity index (χ4n) is 3.61. The van der Waals surface area contributed by atoms with Crippen LogP contribution in [0.15, 0.2) is 36.5 Å². The van der Waals surface area contributed by atoms with Crippen LogP contribution >= 0.6 is 0 Å². The van der Waals surface area contributed by atoms with Crippen LogP contribution in [0.4, 0.5) is 11.4 Å². The van der Waals surface area contributed by atoms with Gasteiger partial charge in [-0.15, -0.1) is 0 Å². The maximum absolute atomic E-state index is 12.5. The number of carbonyl (C=O) groups is 1. The zero-order chi connectivity index (χ0) is 18.7. The number of anilines is 1. The monoisotopic (exact) mass is 359 g/mol. The summed E-state index contributed by atoms with van der Waals surface area (Å²) in [6.07, 6.45) is 4.16. The van der Waals surface area contributed by atoms with Crippen LogP contribution in [0.25, 0.3) is 0 Å². The number of non-ortho nitro benzene ring substituents is 1. The van der Waals surface area contributed by atoms with Crippen LogP contribution in [0.2, 0.25) is 0 Å². The molecule has 0 bridgehead atoms. The molecule has 8 nitrogen and oxygen atoms in total. The van der Waals surface area contributed by atoms with Gasteiger partial charge in [-0.05, 0) is 18.2 Å². The summed E-state index contributed by atoms with van der Waals surface area (Å²) in [5, 5.41) is 13.7. The Hall–Kier alpha value is -2.87. The average Bonchev–Trinajstić information content (AvgIpc) is 3.23. The molecule has 1 unspecified atom stereocenters. The molecule has 0 saturated carbocycles. The fourth-order valence-corrected chi connectivity index (χ4v) is 3.61. The number of nitrogens with one attached hydrogen (secondary N) is 2. The van der Waals surface area contributed by atoms with Gasteiger partial charge >= 0.3 is 0 Å². The molecular weight excluding hydrogens is 336 g/mol. The third-order valence-corrected chi connectivity index (χ3v) is 4.88. The molecular formula is C18H23N4O4+. The van der Waals surface area contributed by atoms with Gasteiger partial charge in [0.15, 0.2) is 6.54 Å². The van der Waals surface area contributed by atoms with E-state index in [0.29, 0.717) is 18.3 Å². The summed E-state index contributed by atoms with van der Waals surface area (Å²) in [5.74, 6) is 0.149. The molecule has 8 heteroatoms. The molecule has 26 heavy (non-hydrogen) atoms. The SMILES string of the molecule is COc1cc([N+](=O)[O-])ccc1NC(=O)C[NH+]1CCC[C@@H]1c1cccn1C. The highest BCUT2D eigenvalue weighted by Gasteiger charge is 2.33. The molecule has 138 valence electrons. The van der Waals surface area contributed by atoms with Gasteiger partial charge in [-0.3, -0.25) is 14.9 Å². The van der Waals surface area contributed by atoms with Crippen LogP contribution in [0.3, 0.4) is 0 Å². The highest BCUT2D eigenvalue weighted by molar-refractivity contribution is 5.93.